The third-order valence-corrected chi connectivity index (χ3v) is 6.80. The van der Waals surface area contributed by atoms with Crippen molar-refractivity contribution in [3.05, 3.63) is 18.0 Å². The van der Waals surface area contributed by atoms with Gasteiger partial charge in [0, 0.05) is 12.1 Å². The molecule has 110 valence electrons. The van der Waals surface area contributed by atoms with Crippen LogP contribution in [0.4, 0.5) is 0 Å². The second kappa shape index (κ2) is 5.05. The Hall–Kier alpha value is -0.500. The largest absolute Gasteiger partial charge is 0.269 e. The van der Waals surface area contributed by atoms with Crippen molar-refractivity contribution in [1.29, 1.82) is 0 Å². The predicted octanol–water partition coefficient (Wildman–Crippen LogP) is 4.59. The van der Waals surface area contributed by atoms with Crippen LogP contribution in [0.3, 0.4) is 0 Å². The molecule has 1 aromatic rings. The van der Waals surface area contributed by atoms with E-state index < -0.39 is 0 Å². The summed E-state index contributed by atoms with van der Waals surface area (Å²) >= 11 is 6.41. The first-order chi connectivity index (χ1) is 9.79. The van der Waals surface area contributed by atoms with E-state index in [2.05, 4.69) is 16.9 Å². The van der Waals surface area contributed by atoms with Crippen molar-refractivity contribution in [1.82, 2.24) is 9.78 Å². The topological polar surface area (TPSA) is 17.8 Å². The van der Waals surface area contributed by atoms with Gasteiger partial charge in [-0.25, -0.2) is 0 Å². The molecule has 3 aliphatic carbocycles. The molecule has 3 heteroatoms. The Morgan fingerprint density at radius 3 is 2.75 bits per heavy atom. The zero-order chi connectivity index (χ0) is 13.6. The van der Waals surface area contributed by atoms with Crippen molar-refractivity contribution in [2.24, 2.45) is 17.3 Å². The molecule has 2 nitrogen and oxygen atoms in total. The van der Waals surface area contributed by atoms with Gasteiger partial charge in [0.2, 0.25) is 0 Å². The zero-order valence-corrected chi connectivity index (χ0v) is 13.0. The fourth-order valence-corrected chi connectivity index (χ4v) is 5.61. The molecule has 20 heavy (non-hydrogen) atoms. The van der Waals surface area contributed by atoms with Gasteiger partial charge >= 0.3 is 0 Å². The van der Waals surface area contributed by atoms with E-state index in [1.807, 2.05) is 0 Å². The molecule has 3 saturated carbocycles. The second-order valence-corrected chi connectivity index (χ2v) is 7.75. The van der Waals surface area contributed by atoms with Gasteiger partial charge in [-0.1, -0.05) is 19.3 Å². The minimum absolute atomic E-state index is 0.360. The summed E-state index contributed by atoms with van der Waals surface area (Å²) in [6.45, 7) is 0. The number of hydrogen-bond donors (Lipinski definition) is 0. The van der Waals surface area contributed by atoms with Crippen LogP contribution in [0.25, 0.3) is 0 Å². The summed E-state index contributed by atoms with van der Waals surface area (Å²) in [7, 11) is 0. The number of halogens is 1. The maximum atomic E-state index is 6.41. The van der Waals surface area contributed by atoms with Gasteiger partial charge < -0.3 is 0 Å². The van der Waals surface area contributed by atoms with E-state index >= 15 is 0 Å². The SMILES string of the molecule is ClCC1(Cc2ccn(C3CCCC3)n2)CC2CCC1C2. The number of hydrogen-bond acceptors (Lipinski definition) is 1. The van der Waals surface area contributed by atoms with Crippen LogP contribution in [0.15, 0.2) is 12.3 Å². The molecule has 0 saturated heterocycles. The van der Waals surface area contributed by atoms with Crippen molar-refractivity contribution in [2.45, 2.75) is 63.8 Å². The Kier molecular flexibility index (Phi) is 3.33. The maximum Gasteiger partial charge on any atom is 0.0630 e. The Bertz CT molecular complexity index is 477. The first-order valence-electron chi connectivity index (χ1n) is 8.39. The molecule has 1 heterocycles. The van der Waals surface area contributed by atoms with Gasteiger partial charge in [0.25, 0.3) is 0 Å². The van der Waals surface area contributed by atoms with Crippen LogP contribution in [0.1, 0.15) is 63.1 Å². The highest BCUT2D eigenvalue weighted by molar-refractivity contribution is 6.18. The zero-order valence-electron chi connectivity index (χ0n) is 12.2. The van der Waals surface area contributed by atoms with Crippen molar-refractivity contribution in [2.75, 3.05) is 5.88 Å². The van der Waals surface area contributed by atoms with Gasteiger partial charge in [-0.2, -0.15) is 5.10 Å². The Labute approximate surface area is 126 Å². The number of nitrogens with zero attached hydrogens (tertiary/aromatic N) is 2. The van der Waals surface area contributed by atoms with Crippen LogP contribution in [-0.4, -0.2) is 15.7 Å². The number of rotatable bonds is 4. The van der Waals surface area contributed by atoms with Gasteiger partial charge in [-0.15, -0.1) is 11.6 Å². The molecule has 1 aromatic heterocycles. The summed E-state index contributed by atoms with van der Waals surface area (Å²) in [6, 6.07) is 2.91. The van der Waals surface area contributed by atoms with E-state index in [0.717, 1.165) is 24.1 Å². The minimum atomic E-state index is 0.360. The molecule has 2 bridgehead atoms. The highest BCUT2D eigenvalue weighted by Crippen LogP contribution is 2.57. The quantitative estimate of drug-likeness (QED) is 0.742. The Morgan fingerprint density at radius 1 is 1.25 bits per heavy atom. The van der Waals surface area contributed by atoms with Crippen molar-refractivity contribution in [3.8, 4) is 0 Å². The van der Waals surface area contributed by atoms with Crippen molar-refractivity contribution >= 4 is 11.6 Å². The number of aromatic nitrogens is 2. The lowest BCUT2D eigenvalue weighted by Crippen LogP contribution is -2.32. The van der Waals surface area contributed by atoms with E-state index in [9.17, 15) is 0 Å². The van der Waals surface area contributed by atoms with E-state index in [1.165, 1.54) is 57.1 Å². The van der Waals surface area contributed by atoms with Crippen LogP contribution in [0, 0.1) is 17.3 Å². The lowest BCUT2D eigenvalue weighted by Gasteiger charge is -2.35. The molecule has 0 radical (unpaired) electrons. The molecule has 0 amide bonds. The Morgan fingerprint density at radius 2 is 2.10 bits per heavy atom. The molecule has 3 aliphatic rings. The van der Waals surface area contributed by atoms with Gasteiger partial charge in [0.1, 0.15) is 0 Å². The predicted molar refractivity (Wildman–Crippen MR) is 82.0 cm³/mol. The molecule has 0 N–H and O–H groups in total. The normalized spacial score (nSPS) is 37.0. The smallest absolute Gasteiger partial charge is 0.0630 e. The van der Waals surface area contributed by atoms with Gasteiger partial charge in [-0.05, 0) is 61.8 Å². The van der Waals surface area contributed by atoms with E-state index in [0.29, 0.717) is 11.5 Å². The summed E-state index contributed by atoms with van der Waals surface area (Å²) in [5, 5.41) is 4.89. The van der Waals surface area contributed by atoms with E-state index in [4.69, 9.17) is 16.7 Å². The van der Waals surface area contributed by atoms with Gasteiger partial charge in [0.05, 0.1) is 11.7 Å². The molecule has 0 aromatic carbocycles. The average Bonchev–Trinajstić information content (AvgIpc) is 3.22. The Balaban J connectivity index is 1.50. The standard InChI is InChI=1S/C17H25ClN2/c18-12-17(10-13-5-6-14(17)9-13)11-15-7-8-20(19-15)16-3-1-2-4-16/h7-8,13-14,16H,1-6,9-12H2. The van der Waals surface area contributed by atoms with Gasteiger partial charge in [0.15, 0.2) is 0 Å². The van der Waals surface area contributed by atoms with E-state index in [1.54, 1.807) is 0 Å². The van der Waals surface area contributed by atoms with Crippen LogP contribution >= 0.6 is 11.6 Å². The molecule has 0 spiro atoms. The molecule has 4 rings (SSSR count). The molecule has 0 aliphatic heterocycles. The summed E-state index contributed by atoms with van der Waals surface area (Å²) in [6.07, 6.45) is 14.3. The average molecular weight is 293 g/mol. The fraction of sp³-hybridized carbons (Fsp3) is 0.824. The molecular weight excluding hydrogens is 268 g/mol. The number of alkyl halides is 1. The molecule has 3 fully saturated rings. The summed E-state index contributed by atoms with van der Waals surface area (Å²) in [4.78, 5) is 0. The first-order valence-corrected chi connectivity index (χ1v) is 8.92. The molecule has 3 atom stereocenters. The second-order valence-electron chi connectivity index (χ2n) is 7.48. The summed E-state index contributed by atoms with van der Waals surface area (Å²) in [5.74, 6) is 2.64. The summed E-state index contributed by atoms with van der Waals surface area (Å²) < 4.78 is 2.23. The third kappa shape index (κ3) is 2.11. The van der Waals surface area contributed by atoms with Crippen LogP contribution < -0.4 is 0 Å². The lowest BCUT2D eigenvalue weighted by molar-refractivity contribution is 0.190. The fourth-order valence-electron chi connectivity index (χ4n) is 5.19. The van der Waals surface area contributed by atoms with Crippen LogP contribution in [0.5, 0.6) is 0 Å². The maximum absolute atomic E-state index is 6.41. The molecule has 3 unspecified atom stereocenters. The molecular formula is C17H25ClN2. The van der Waals surface area contributed by atoms with Crippen LogP contribution in [0.2, 0.25) is 0 Å². The monoisotopic (exact) mass is 292 g/mol. The van der Waals surface area contributed by atoms with Crippen molar-refractivity contribution < 1.29 is 0 Å². The minimum Gasteiger partial charge on any atom is -0.269 e. The highest BCUT2D eigenvalue weighted by atomic mass is 35.5. The third-order valence-electron chi connectivity index (χ3n) is 6.26. The highest BCUT2D eigenvalue weighted by Gasteiger charge is 2.50. The van der Waals surface area contributed by atoms with Gasteiger partial charge in [-0.3, -0.25) is 4.68 Å². The van der Waals surface area contributed by atoms with Crippen molar-refractivity contribution in [3.63, 3.8) is 0 Å². The van der Waals surface area contributed by atoms with Crippen LogP contribution in [-0.2, 0) is 6.42 Å². The van der Waals surface area contributed by atoms with E-state index in [-0.39, 0.29) is 0 Å². The lowest BCUT2D eigenvalue weighted by atomic mass is 9.71. The number of fused-ring (bicyclic) bond motifs is 2. The first kappa shape index (κ1) is 13.2. The summed E-state index contributed by atoms with van der Waals surface area (Å²) in [5.41, 5.74) is 1.64.